The second-order valence-electron chi connectivity index (χ2n) is 9.47. The predicted octanol–water partition coefficient (Wildman–Crippen LogP) is 4.73. The Hall–Kier alpha value is -4.21. The molecule has 0 aliphatic carbocycles. The van der Waals surface area contributed by atoms with Crippen LogP contribution >= 0.6 is 23.2 Å². The molecule has 0 saturated carbocycles. The van der Waals surface area contributed by atoms with Crippen LogP contribution in [0.25, 0.3) is 0 Å². The number of halogens is 2. The van der Waals surface area contributed by atoms with E-state index in [9.17, 15) is 19.5 Å². The summed E-state index contributed by atoms with van der Waals surface area (Å²) < 4.78 is 1.82. The van der Waals surface area contributed by atoms with Crippen molar-refractivity contribution in [2.45, 2.75) is 37.8 Å². The summed E-state index contributed by atoms with van der Waals surface area (Å²) in [6, 6.07) is 19.5. The molecule has 3 aromatic carbocycles. The Kier molecular flexibility index (Phi) is 8.14. The van der Waals surface area contributed by atoms with Crippen molar-refractivity contribution in [3.05, 3.63) is 111 Å². The zero-order valence-electron chi connectivity index (χ0n) is 21.2. The van der Waals surface area contributed by atoms with E-state index in [2.05, 4.69) is 20.8 Å². The first kappa shape index (κ1) is 27.4. The van der Waals surface area contributed by atoms with Gasteiger partial charge in [0.1, 0.15) is 23.7 Å². The van der Waals surface area contributed by atoms with Gasteiger partial charge in [-0.25, -0.2) is 4.79 Å². The SMILES string of the molecule is O=C(Nc1ccc(C[C@H](NC(=O)C2CCc3nnc(Cc4ccccc4)n32)C(=O)O)cc1)c1c(Cl)cccc1Cl. The lowest BCUT2D eigenvalue weighted by Crippen LogP contribution is -2.45. The zero-order chi connectivity index (χ0) is 28.2. The van der Waals surface area contributed by atoms with Crippen LogP contribution in [0.3, 0.4) is 0 Å². The van der Waals surface area contributed by atoms with Crippen LogP contribution in [0.2, 0.25) is 10.0 Å². The van der Waals surface area contributed by atoms with E-state index in [0.29, 0.717) is 42.2 Å². The van der Waals surface area contributed by atoms with Gasteiger partial charge in [0.25, 0.3) is 5.91 Å². The number of aromatic nitrogens is 3. The molecule has 2 amide bonds. The van der Waals surface area contributed by atoms with E-state index in [0.717, 1.165) is 5.56 Å². The number of rotatable bonds is 9. The van der Waals surface area contributed by atoms with E-state index in [1.54, 1.807) is 42.5 Å². The molecule has 0 spiro atoms. The van der Waals surface area contributed by atoms with Crippen LogP contribution < -0.4 is 10.6 Å². The van der Waals surface area contributed by atoms with Crippen molar-refractivity contribution in [2.75, 3.05) is 5.32 Å². The number of carbonyl (C=O) groups excluding carboxylic acids is 2. The predicted molar refractivity (Wildman–Crippen MR) is 151 cm³/mol. The summed E-state index contributed by atoms with van der Waals surface area (Å²) >= 11 is 12.2. The molecular weight excluding hydrogens is 553 g/mol. The Morgan fingerprint density at radius 2 is 1.62 bits per heavy atom. The summed E-state index contributed by atoms with van der Waals surface area (Å²) in [5.41, 5.74) is 2.36. The number of aliphatic carboxylic acids is 1. The van der Waals surface area contributed by atoms with Gasteiger partial charge in [-0.3, -0.25) is 9.59 Å². The Morgan fingerprint density at radius 3 is 2.30 bits per heavy atom. The quantitative estimate of drug-likeness (QED) is 0.264. The molecule has 204 valence electrons. The Labute approximate surface area is 240 Å². The maximum Gasteiger partial charge on any atom is 0.326 e. The van der Waals surface area contributed by atoms with Crippen molar-refractivity contribution < 1.29 is 19.5 Å². The van der Waals surface area contributed by atoms with Crippen LogP contribution in [0.5, 0.6) is 0 Å². The van der Waals surface area contributed by atoms with E-state index >= 15 is 0 Å². The Morgan fingerprint density at radius 1 is 0.925 bits per heavy atom. The van der Waals surface area contributed by atoms with Gasteiger partial charge in [-0.2, -0.15) is 0 Å². The third kappa shape index (κ3) is 6.00. The highest BCUT2D eigenvalue weighted by molar-refractivity contribution is 6.40. The molecule has 1 unspecified atom stereocenters. The maximum atomic E-state index is 13.3. The van der Waals surface area contributed by atoms with Gasteiger partial charge >= 0.3 is 5.97 Å². The number of hydrogen-bond donors (Lipinski definition) is 3. The molecule has 2 atom stereocenters. The van der Waals surface area contributed by atoms with Crippen molar-refractivity contribution >= 4 is 46.7 Å². The molecule has 40 heavy (non-hydrogen) atoms. The van der Waals surface area contributed by atoms with Gasteiger partial charge in [0.2, 0.25) is 5.91 Å². The first-order valence-electron chi connectivity index (χ1n) is 12.6. The van der Waals surface area contributed by atoms with Crippen LogP contribution in [-0.4, -0.2) is 43.7 Å². The number of benzene rings is 3. The van der Waals surface area contributed by atoms with E-state index in [1.807, 2.05) is 34.9 Å². The molecular formula is C29H25Cl2N5O4. The number of anilines is 1. The van der Waals surface area contributed by atoms with Gasteiger partial charge in [-0.1, -0.05) is 71.7 Å². The highest BCUT2D eigenvalue weighted by Crippen LogP contribution is 2.28. The van der Waals surface area contributed by atoms with Gasteiger partial charge < -0.3 is 20.3 Å². The summed E-state index contributed by atoms with van der Waals surface area (Å²) in [4.78, 5) is 38.0. The number of carbonyl (C=O) groups is 3. The lowest BCUT2D eigenvalue weighted by atomic mass is 10.0. The van der Waals surface area contributed by atoms with Crippen LogP contribution in [0, 0.1) is 0 Å². The fourth-order valence-electron chi connectivity index (χ4n) is 4.77. The number of carboxylic acid groups (broad SMARTS) is 1. The van der Waals surface area contributed by atoms with Gasteiger partial charge in [-0.15, -0.1) is 10.2 Å². The third-order valence-electron chi connectivity index (χ3n) is 6.75. The third-order valence-corrected chi connectivity index (χ3v) is 7.38. The van der Waals surface area contributed by atoms with Gasteiger partial charge in [0.05, 0.1) is 15.6 Å². The fourth-order valence-corrected chi connectivity index (χ4v) is 5.34. The van der Waals surface area contributed by atoms with Crippen LogP contribution in [0.15, 0.2) is 72.8 Å². The largest absolute Gasteiger partial charge is 0.480 e. The van der Waals surface area contributed by atoms with Crippen molar-refractivity contribution in [3.8, 4) is 0 Å². The molecule has 0 radical (unpaired) electrons. The highest BCUT2D eigenvalue weighted by Gasteiger charge is 2.34. The Bertz CT molecular complexity index is 1540. The number of aryl methyl sites for hydroxylation is 1. The van der Waals surface area contributed by atoms with E-state index in [-0.39, 0.29) is 27.9 Å². The molecule has 5 rings (SSSR count). The molecule has 4 aromatic rings. The number of amides is 2. The lowest BCUT2D eigenvalue weighted by Gasteiger charge is -2.20. The number of nitrogens with one attached hydrogen (secondary N) is 2. The molecule has 11 heteroatoms. The van der Waals surface area contributed by atoms with Crippen molar-refractivity contribution in [2.24, 2.45) is 0 Å². The van der Waals surface area contributed by atoms with Crippen LogP contribution in [0.4, 0.5) is 5.69 Å². The summed E-state index contributed by atoms with van der Waals surface area (Å²) in [5, 5.41) is 24.3. The van der Waals surface area contributed by atoms with Gasteiger partial charge in [-0.05, 0) is 41.8 Å². The summed E-state index contributed by atoms with van der Waals surface area (Å²) in [7, 11) is 0. The van der Waals surface area contributed by atoms with Crippen LogP contribution in [0.1, 0.15) is 45.6 Å². The van der Waals surface area contributed by atoms with Crippen LogP contribution in [-0.2, 0) is 28.9 Å². The first-order valence-corrected chi connectivity index (χ1v) is 13.4. The number of nitrogens with zero attached hydrogens (tertiary/aromatic N) is 3. The number of carboxylic acids is 1. The Balaban J connectivity index is 1.24. The van der Waals surface area contributed by atoms with E-state index in [4.69, 9.17) is 23.2 Å². The number of hydrogen-bond acceptors (Lipinski definition) is 5. The topological polar surface area (TPSA) is 126 Å². The zero-order valence-corrected chi connectivity index (χ0v) is 22.7. The second-order valence-corrected chi connectivity index (χ2v) is 10.3. The maximum absolute atomic E-state index is 13.3. The molecule has 0 saturated heterocycles. The van der Waals surface area contributed by atoms with Crippen molar-refractivity contribution in [1.29, 1.82) is 0 Å². The first-order chi connectivity index (χ1) is 19.3. The standard InChI is InChI=1S/C29H25Cl2N5O4/c30-20-7-4-8-21(31)26(20)28(38)32-19-11-9-18(10-12-19)15-22(29(39)40)33-27(37)23-13-14-24-34-35-25(36(23)24)16-17-5-2-1-3-6-17/h1-12,22-23H,13-16H2,(H,32,38)(H,33,37)(H,39,40)/t22-,23?/m0/s1. The van der Waals surface area contributed by atoms with Gasteiger partial charge in [0, 0.05) is 24.9 Å². The fraction of sp³-hybridized carbons (Fsp3) is 0.207. The average molecular weight is 578 g/mol. The van der Waals surface area contributed by atoms with E-state index < -0.39 is 24.0 Å². The summed E-state index contributed by atoms with van der Waals surface area (Å²) in [5.74, 6) is -0.614. The molecule has 1 aliphatic heterocycles. The molecule has 2 heterocycles. The van der Waals surface area contributed by atoms with Crippen molar-refractivity contribution in [3.63, 3.8) is 0 Å². The second kappa shape index (κ2) is 11.9. The van der Waals surface area contributed by atoms with Crippen molar-refractivity contribution in [1.82, 2.24) is 20.1 Å². The average Bonchev–Trinajstić information content (AvgIpc) is 3.53. The van der Waals surface area contributed by atoms with Gasteiger partial charge in [0.15, 0.2) is 0 Å². The number of fused-ring (bicyclic) bond motifs is 1. The minimum atomic E-state index is -1.15. The monoisotopic (exact) mass is 577 g/mol. The minimum Gasteiger partial charge on any atom is -0.480 e. The smallest absolute Gasteiger partial charge is 0.326 e. The summed E-state index contributed by atoms with van der Waals surface area (Å²) in [6.45, 7) is 0. The lowest BCUT2D eigenvalue weighted by molar-refractivity contribution is -0.142. The normalized spacial score (nSPS) is 14.8. The molecule has 3 N–H and O–H groups in total. The molecule has 1 aromatic heterocycles. The molecule has 1 aliphatic rings. The molecule has 0 fully saturated rings. The highest BCUT2D eigenvalue weighted by atomic mass is 35.5. The summed E-state index contributed by atoms with van der Waals surface area (Å²) in [6.07, 6.45) is 1.69. The molecule has 0 bridgehead atoms. The van der Waals surface area contributed by atoms with E-state index in [1.165, 1.54) is 0 Å². The minimum absolute atomic E-state index is 0.0598. The molecule has 9 nitrogen and oxygen atoms in total.